The minimum absolute atomic E-state index is 0.117. The molecule has 2 aliphatic carbocycles. The Labute approximate surface area is 411 Å². The predicted octanol–water partition coefficient (Wildman–Crippen LogP) is 11.6. The number of imidazole rings is 2. The first-order valence-corrected chi connectivity index (χ1v) is 25.1. The molecule has 0 radical (unpaired) electrons. The molecule has 70 heavy (non-hydrogen) atoms. The van der Waals surface area contributed by atoms with Gasteiger partial charge in [-0.2, -0.15) is 5.10 Å². The van der Waals surface area contributed by atoms with Crippen LogP contribution in [0.15, 0.2) is 83.5 Å². The first-order valence-electron chi connectivity index (χ1n) is 24.3. The van der Waals surface area contributed by atoms with Crippen LogP contribution < -0.4 is 9.80 Å². The summed E-state index contributed by atoms with van der Waals surface area (Å²) in [6, 6.07) is 18.9. The molecule has 4 aromatic carbocycles. The second kappa shape index (κ2) is 19.7. The van der Waals surface area contributed by atoms with Crippen molar-refractivity contribution in [2.24, 2.45) is 7.05 Å². The van der Waals surface area contributed by atoms with Gasteiger partial charge in [0.1, 0.15) is 11.6 Å². The number of nitrogens with zero attached hydrogens (tertiary/aromatic N) is 8. The van der Waals surface area contributed by atoms with E-state index in [4.69, 9.17) is 9.97 Å². The number of aromatic nitrogens is 6. The molecule has 2 amide bonds. The Bertz CT molecular complexity index is 3080. The highest BCUT2D eigenvalue weighted by Crippen LogP contribution is 2.44. The molecule has 11 rings (SSSR count). The van der Waals surface area contributed by atoms with E-state index in [2.05, 4.69) is 48.4 Å². The standard InChI is InChI=1S/C29H31F2N5O2.C24H24BrF2N3O2/c1-17-16-32-34(2)28(17)18-6-13-25-24(14-18)33-29(36(25)19-7-10-21(37)11-8-19)26-4-3-5-27(38)35(26)20-9-12-22(30)23(31)15-20;25-14-4-11-21-20(12-14)28-24(30(21)15-5-8-17(31)9-6-15)22-2-1-3-23(32)29(22)16-7-10-18(26)19(27)13-16/h6,9,12-16,19,21,26,37H,3-5,7-8,10-11H2,1-2H3;4,7,10-13,15,17,22,31H,1-3,5-6,8-9H2/t19?,21?,26-;15?,17?,22-/m00/s1. The smallest absolute Gasteiger partial charge is 0.227 e. The average Bonchev–Trinajstić information content (AvgIpc) is 4.03. The number of carbonyl (C=O) groups excluding carboxylic acids is 2. The molecular formula is C53H55BrF4N8O4. The first-order chi connectivity index (χ1) is 33.7. The van der Waals surface area contributed by atoms with Gasteiger partial charge < -0.3 is 29.1 Å². The zero-order chi connectivity index (χ0) is 49.0. The van der Waals surface area contributed by atoms with Crippen LogP contribution in [0.1, 0.15) is 131 Å². The minimum atomic E-state index is -0.981. The molecule has 2 saturated heterocycles. The molecule has 17 heteroatoms. The van der Waals surface area contributed by atoms with Crippen LogP contribution in [0.25, 0.3) is 33.3 Å². The van der Waals surface area contributed by atoms with Gasteiger partial charge in [0, 0.05) is 65.5 Å². The van der Waals surface area contributed by atoms with Crippen LogP contribution in [-0.2, 0) is 16.6 Å². The lowest BCUT2D eigenvalue weighted by Gasteiger charge is -2.37. The zero-order valence-electron chi connectivity index (χ0n) is 39.0. The number of aliphatic hydroxyl groups excluding tert-OH is 2. The van der Waals surface area contributed by atoms with Crippen molar-refractivity contribution in [2.45, 2.75) is 133 Å². The van der Waals surface area contributed by atoms with Gasteiger partial charge in [-0.3, -0.25) is 14.3 Å². The van der Waals surface area contributed by atoms with Crippen molar-refractivity contribution in [3.63, 3.8) is 0 Å². The fraction of sp³-hybridized carbons (Fsp3) is 0.415. The Morgan fingerprint density at radius 3 is 1.51 bits per heavy atom. The maximum atomic E-state index is 14.2. The van der Waals surface area contributed by atoms with Gasteiger partial charge in [0.2, 0.25) is 11.8 Å². The molecule has 12 nitrogen and oxygen atoms in total. The van der Waals surface area contributed by atoms with Crippen LogP contribution in [0.4, 0.5) is 28.9 Å². The number of rotatable bonds is 7. The number of aryl methyl sites for hydroxylation is 2. The number of hydrogen-bond donors (Lipinski definition) is 2. The molecule has 4 aliphatic rings. The van der Waals surface area contributed by atoms with E-state index in [9.17, 15) is 37.4 Å². The van der Waals surface area contributed by atoms with Gasteiger partial charge in [0.25, 0.3) is 0 Å². The third-order valence-electron chi connectivity index (χ3n) is 14.7. The van der Waals surface area contributed by atoms with Gasteiger partial charge in [-0.05, 0) is 144 Å². The van der Waals surface area contributed by atoms with Crippen molar-refractivity contribution in [3.8, 4) is 11.3 Å². The van der Waals surface area contributed by atoms with Crippen molar-refractivity contribution in [1.82, 2.24) is 28.9 Å². The number of hydrogen-bond acceptors (Lipinski definition) is 7. The molecule has 366 valence electrons. The normalized spacial score (nSPS) is 23.3. The van der Waals surface area contributed by atoms with Crippen LogP contribution in [0.5, 0.6) is 0 Å². The number of piperidine rings is 2. The van der Waals surface area contributed by atoms with Gasteiger partial charge in [0.05, 0.1) is 58.2 Å². The molecule has 3 aromatic heterocycles. The number of carbonyl (C=O) groups is 2. The van der Waals surface area contributed by atoms with E-state index in [0.29, 0.717) is 62.7 Å². The third-order valence-corrected chi connectivity index (χ3v) is 15.2. The summed E-state index contributed by atoms with van der Waals surface area (Å²) >= 11 is 3.51. The van der Waals surface area contributed by atoms with Gasteiger partial charge >= 0.3 is 0 Å². The molecular weight excluding hydrogens is 969 g/mol. The summed E-state index contributed by atoms with van der Waals surface area (Å²) in [4.78, 5) is 39.5. The Morgan fingerprint density at radius 2 is 1.06 bits per heavy atom. The highest BCUT2D eigenvalue weighted by Gasteiger charge is 2.38. The molecule has 7 aromatic rings. The number of anilines is 2. The number of fused-ring (bicyclic) bond motifs is 2. The van der Waals surface area contributed by atoms with Gasteiger partial charge in [-0.15, -0.1) is 0 Å². The summed E-state index contributed by atoms with van der Waals surface area (Å²) in [6.07, 6.45) is 10.8. The van der Waals surface area contributed by atoms with E-state index in [1.54, 1.807) is 9.80 Å². The van der Waals surface area contributed by atoms with Crippen LogP contribution in [-0.4, -0.2) is 63.1 Å². The lowest BCUT2D eigenvalue weighted by atomic mass is 9.92. The highest BCUT2D eigenvalue weighted by molar-refractivity contribution is 9.10. The maximum absolute atomic E-state index is 14.2. The van der Waals surface area contributed by atoms with E-state index < -0.39 is 29.3 Å². The predicted molar refractivity (Wildman–Crippen MR) is 262 cm³/mol. The van der Waals surface area contributed by atoms with E-state index in [-0.39, 0.29) is 42.1 Å². The monoisotopic (exact) mass is 1020 g/mol. The Morgan fingerprint density at radius 1 is 0.586 bits per heavy atom. The number of aliphatic hydroxyl groups is 2. The Balaban J connectivity index is 0.000000165. The van der Waals surface area contributed by atoms with Crippen molar-refractivity contribution in [2.75, 3.05) is 9.80 Å². The zero-order valence-corrected chi connectivity index (χ0v) is 40.6. The van der Waals surface area contributed by atoms with Crippen molar-refractivity contribution in [1.29, 1.82) is 0 Å². The summed E-state index contributed by atoms with van der Waals surface area (Å²) in [5, 5.41) is 24.6. The quantitative estimate of drug-likeness (QED) is 0.152. The summed E-state index contributed by atoms with van der Waals surface area (Å²) < 4.78 is 62.8. The summed E-state index contributed by atoms with van der Waals surface area (Å²) in [5.41, 5.74) is 7.34. The Kier molecular flexibility index (Phi) is 13.4. The van der Waals surface area contributed by atoms with Crippen molar-refractivity contribution in [3.05, 3.63) is 124 Å². The van der Waals surface area contributed by atoms with E-state index in [1.807, 2.05) is 43.0 Å². The maximum Gasteiger partial charge on any atom is 0.227 e. The van der Waals surface area contributed by atoms with Crippen LogP contribution in [0, 0.1) is 30.2 Å². The lowest BCUT2D eigenvalue weighted by molar-refractivity contribution is -0.121. The molecule has 2 saturated carbocycles. The second-order valence-electron chi connectivity index (χ2n) is 19.3. The van der Waals surface area contributed by atoms with Gasteiger partial charge in [-0.1, -0.05) is 22.0 Å². The van der Waals surface area contributed by atoms with E-state index in [0.717, 1.165) is 118 Å². The SMILES string of the molecule is Cc1cnn(C)c1-c1ccc2c(c1)nc([C@@H]1CCCC(=O)N1c1ccc(F)c(F)c1)n2C1CCC(O)CC1.O=C1CCC[C@@H](c2nc3cc(Br)ccc3n2C2CCC(O)CC2)N1c1ccc(F)c(F)c1. The topological polar surface area (TPSA) is 135 Å². The molecule has 0 unspecified atom stereocenters. The van der Waals surface area contributed by atoms with E-state index >= 15 is 0 Å². The molecule has 4 fully saturated rings. The Hall–Kier alpha value is -5.91. The molecule has 0 spiro atoms. The second-order valence-corrected chi connectivity index (χ2v) is 20.2. The van der Waals surface area contributed by atoms with Crippen molar-refractivity contribution < 1.29 is 37.4 Å². The first kappa shape index (κ1) is 47.8. The number of amides is 2. The fourth-order valence-corrected chi connectivity index (χ4v) is 11.7. The lowest BCUT2D eigenvalue weighted by Crippen LogP contribution is -2.40. The largest absolute Gasteiger partial charge is 0.393 e. The molecule has 2 aliphatic heterocycles. The molecule has 2 atom stereocenters. The van der Waals surface area contributed by atoms with Gasteiger partial charge in [-0.25, -0.2) is 27.5 Å². The molecule has 0 bridgehead atoms. The fourth-order valence-electron chi connectivity index (χ4n) is 11.3. The molecule has 5 heterocycles. The average molecular weight is 1020 g/mol. The van der Waals surface area contributed by atoms with Crippen LogP contribution in [0.3, 0.4) is 0 Å². The minimum Gasteiger partial charge on any atom is -0.393 e. The third kappa shape index (κ3) is 9.16. The summed E-state index contributed by atoms with van der Waals surface area (Å²) in [6.45, 7) is 2.03. The summed E-state index contributed by atoms with van der Waals surface area (Å²) in [5.74, 6) is -2.57. The highest BCUT2D eigenvalue weighted by atomic mass is 79.9. The van der Waals surface area contributed by atoms with Crippen molar-refractivity contribution >= 4 is 61.2 Å². The van der Waals surface area contributed by atoms with E-state index in [1.165, 1.54) is 12.1 Å². The number of halogens is 5. The van der Waals surface area contributed by atoms with Gasteiger partial charge in [0.15, 0.2) is 23.3 Å². The summed E-state index contributed by atoms with van der Waals surface area (Å²) in [7, 11) is 1.91. The molecule has 2 N–H and O–H groups in total. The van der Waals surface area contributed by atoms with Crippen LogP contribution in [0.2, 0.25) is 0 Å². The van der Waals surface area contributed by atoms with Crippen LogP contribution >= 0.6 is 15.9 Å². The number of benzene rings is 4.